The fourth-order valence-electron chi connectivity index (χ4n) is 3.35. The number of carbonyl (C=O) groups excluding carboxylic acids is 1. The Hall–Kier alpha value is -0.730. The molecule has 0 aromatic carbocycles. The highest BCUT2D eigenvalue weighted by Gasteiger charge is 2.46. The molecule has 1 aliphatic rings. The lowest BCUT2D eigenvalue weighted by molar-refractivity contribution is -0.270. The first-order valence-corrected chi connectivity index (χ1v) is 9.51. The summed E-state index contributed by atoms with van der Waals surface area (Å²) in [4.78, 5) is 13.3. The van der Waals surface area contributed by atoms with E-state index in [1.54, 1.807) is 0 Å². The maximum absolute atomic E-state index is 11.9. The maximum atomic E-state index is 11.9. The van der Waals surface area contributed by atoms with Crippen molar-refractivity contribution in [3.05, 3.63) is 0 Å². The molecule has 0 aromatic heterocycles. The van der Waals surface area contributed by atoms with Gasteiger partial charge in [0.2, 0.25) is 5.91 Å². The van der Waals surface area contributed by atoms with Crippen LogP contribution in [-0.2, 0) is 9.53 Å². The van der Waals surface area contributed by atoms with Gasteiger partial charge in [-0.25, -0.2) is 0 Å². The molecule has 0 aliphatic carbocycles. The molecule has 1 fully saturated rings. The van der Waals surface area contributed by atoms with Crippen molar-refractivity contribution in [1.29, 1.82) is 0 Å². The minimum Gasteiger partial charge on any atom is -0.394 e. The van der Waals surface area contributed by atoms with Crippen molar-refractivity contribution < 1.29 is 30.0 Å². The lowest BCUT2D eigenvalue weighted by Gasteiger charge is -2.44. The van der Waals surface area contributed by atoms with Crippen molar-refractivity contribution >= 4 is 5.91 Å². The Morgan fingerprint density at radius 2 is 1.52 bits per heavy atom. The maximum Gasteiger partial charge on any atom is 0.219 e. The van der Waals surface area contributed by atoms with E-state index in [-0.39, 0.29) is 5.91 Å². The fraction of sp³-hybridized carbons (Fsp3) is 0.944. The van der Waals surface area contributed by atoms with Crippen LogP contribution in [0.5, 0.6) is 0 Å². The zero-order valence-corrected chi connectivity index (χ0v) is 15.5. The molecular formula is C18H35NO6. The Morgan fingerprint density at radius 3 is 2.04 bits per heavy atom. The van der Waals surface area contributed by atoms with E-state index in [1.165, 1.54) is 43.9 Å². The van der Waals surface area contributed by atoms with Crippen molar-refractivity contribution in [1.82, 2.24) is 4.90 Å². The monoisotopic (exact) mass is 361 g/mol. The van der Waals surface area contributed by atoms with Crippen LogP contribution < -0.4 is 0 Å². The lowest BCUT2D eigenvalue weighted by atomic mass is 9.95. The predicted molar refractivity (Wildman–Crippen MR) is 93.8 cm³/mol. The van der Waals surface area contributed by atoms with Gasteiger partial charge in [-0.3, -0.25) is 4.79 Å². The summed E-state index contributed by atoms with van der Waals surface area (Å²) in [7, 11) is 0. The normalized spacial score (nSPS) is 29.6. The molecule has 0 spiro atoms. The molecule has 5 atom stereocenters. The SMILES string of the molecule is CCCCCCCCCCN(C(C)=O)[C@@H]1[C@@H](O)[C@H](O)[C@@H](CO)O[C@@H]1O. The van der Waals surface area contributed by atoms with Gasteiger partial charge in [0, 0.05) is 13.5 Å². The smallest absolute Gasteiger partial charge is 0.219 e. The van der Waals surface area contributed by atoms with E-state index in [2.05, 4.69) is 6.92 Å². The molecule has 7 heteroatoms. The number of unbranched alkanes of at least 4 members (excludes halogenated alkanes) is 7. The van der Waals surface area contributed by atoms with E-state index < -0.39 is 37.3 Å². The average Bonchev–Trinajstić information content (AvgIpc) is 2.58. The first-order chi connectivity index (χ1) is 11.9. The number of ether oxygens (including phenoxy) is 1. The molecule has 1 saturated heterocycles. The second kappa shape index (κ2) is 11.8. The summed E-state index contributed by atoms with van der Waals surface area (Å²) < 4.78 is 5.15. The molecule has 4 N–H and O–H groups in total. The second-order valence-electron chi connectivity index (χ2n) is 6.91. The van der Waals surface area contributed by atoms with Crippen LogP contribution in [0.2, 0.25) is 0 Å². The number of nitrogens with zero attached hydrogens (tertiary/aromatic N) is 1. The zero-order chi connectivity index (χ0) is 18.8. The Labute approximate surface area is 150 Å². The summed E-state index contributed by atoms with van der Waals surface area (Å²) >= 11 is 0. The van der Waals surface area contributed by atoms with Gasteiger partial charge in [-0.05, 0) is 6.42 Å². The summed E-state index contributed by atoms with van der Waals surface area (Å²) in [6, 6.07) is -1.03. The fourth-order valence-corrected chi connectivity index (χ4v) is 3.35. The molecular weight excluding hydrogens is 326 g/mol. The van der Waals surface area contributed by atoms with Crippen LogP contribution in [0.3, 0.4) is 0 Å². The highest BCUT2D eigenvalue weighted by molar-refractivity contribution is 5.73. The van der Waals surface area contributed by atoms with Crippen LogP contribution in [0.15, 0.2) is 0 Å². The molecule has 148 valence electrons. The Morgan fingerprint density at radius 1 is 0.960 bits per heavy atom. The standard InChI is InChI=1S/C18H35NO6/c1-3-4-5-6-7-8-9-10-11-19(13(2)21)15-17(23)16(22)14(12-20)25-18(15)24/h14-18,20,22-24H,3-12H2,1-2H3/t14-,15-,16-,17-,18+/m1/s1. The first kappa shape index (κ1) is 22.3. The van der Waals surface area contributed by atoms with E-state index in [0.29, 0.717) is 6.54 Å². The first-order valence-electron chi connectivity index (χ1n) is 9.51. The highest BCUT2D eigenvalue weighted by atomic mass is 16.6. The molecule has 1 heterocycles. The molecule has 0 aromatic rings. The zero-order valence-electron chi connectivity index (χ0n) is 15.5. The van der Waals surface area contributed by atoms with Gasteiger partial charge in [-0.1, -0.05) is 51.9 Å². The number of aliphatic hydroxyl groups excluding tert-OH is 4. The summed E-state index contributed by atoms with van der Waals surface area (Å²) in [6.07, 6.45) is 3.79. The molecule has 0 saturated carbocycles. The topological polar surface area (TPSA) is 110 Å². The van der Waals surface area contributed by atoms with E-state index >= 15 is 0 Å². The summed E-state index contributed by atoms with van der Waals surface area (Å²) in [5.74, 6) is -0.288. The van der Waals surface area contributed by atoms with Gasteiger partial charge in [0.25, 0.3) is 0 Å². The van der Waals surface area contributed by atoms with E-state index in [0.717, 1.165) is 19.3 Å². The number of aliphatic hydroxyl groups is 4. The molecule has 0 unspecified atom stereocenters. The number of hydrogen-bond donors (Lipinski definition) is 4. The second-order valence-corrected chi connectivity index (χ2v) is 6.91. The van der Waals surface area contributed by atoms with Crippen LogP contribution >= 0.6 is 0 Å². The van der Waals surface area contributed by atoms with E-state index in [9.17, 15) is 20.1 Å². The van der Waals surface area contributed by atoms with E-state index in [4.69, 9.17) is 9.84 Å². The highest BCUT2D eigenvalue weighted by Crippen LogP contribution is 2.24. The Balaban J connectivity index is 2.46. The van der Waals surface area contributed by atoms with Gasteiger partial charge in [0.05, 0.1) is 6.61 Å². The van der Waals surface area contributed by atoms with Crippen molar-refractivity contribution in [3.63, 3.8) is 0 Å². The Kier molecular flexibility index (Phi) is 10.5. The number of carbonyl (C=O) groups is 1. The molecule has 7 nitrogen and oxygen atoms in total. The lowest BCUT2D eigenvalue weighted by Crippen LogP contribution is -2.65. The van der Waals surface area contributed by atoms with Crippen LogP contribution in [0.4, 0.5) is 0 Å². The molecule has 0 bridgehead atoms. The van der Waals surface area contributed by atoms with Crippen molar-refractivity contribution in [3.8, 4) is 0 Å². The number of rotatable bonds is 11. The van der Waals surface area contributed by atoms with Crippen molar-refractivity contribution in [2.24, 2.45) is 0 Å². The quantitative estimate of drug-likeness (QED) is 0.405. The average molecular weight is 361 g/mol. The van der Waals surface area contributed by atoms with Crippen LogP contribution in [-0.4, -0.2) is 75.0 Å². The molecule has 25 heavy (non-hydrogen) atoms. The molecule has 1 rings (SSSR count). The number of hydrogen-bond acceptors (Lipinski definition) is 6. The van der Waals surface area contributed by atoms with Crippen molar-refractivity contribution in [2.45, 2.75) is 95.9 Å². The summed E-state index contributed by atoms with van der Waals surface area (Å²) in [6.45, 7) is 3.44. The van der Waals surface area contributed by atoms with Crippen LogP contribution in [0.1, 0.15) is 65.2 Å². The minimum atomic E-state index is -1.44. The van der Waals surface area contributed by atoms with Gasteiger partial charge in [-0.2, -0.15) is 0 Å². The van der Waals surface area contributed by atoms with E-state index in [1.807, 2.05) is 0 Å². The number of amides is 1. The van der Waals surface area contributed by atoms with Gasteiger partial charge in [-0.15, -0.1) is 0 Å². The third-order valence-corrected chi connectivity index (χ3v) is 4.88. The van der Waals surface area contributed by atoms with Crippen molar-refractivity contribution in [2.75, 3.05) is 13.2 Å². The molecule has 1 aliphatic heterocycles. The van der Waals surface area contributed by atoms with Crippen LogP contribution in [0, 0.1) is 0 Å². The van der Waals surface area contributed by atoms with Gasteiger partial charge in [0.1, 0.15) is 24.4 Å². The predicted octanol–water partition coefficient (Wildman–Crippen LogP) is 0.775. The van der Waals surface area contributed by atoms with Gasteiger partial charge >= 0.3 is 0 Å². The third kappa shape index (κ3) is 6.83. The minimum absolute atomic E-state index is 0.288. The molecule has 0 radical (unpaired) electrons. The Bertz CT molecular complexity index is 381. The van der Waals surface area contributed by atoms with Gasteiger partial charge in [0.15, 0.2) is 6.29 Å². The summed E-state index contributed by atoms with van der Waals surface area (Å²) in [5, 5.41) is 39.5. The largest absolute Gasteiger partial charge is 0.394 e. The molecule has 1 amide bonds. The van der Waals surface area contributed by atoms with Gasteiger partial charge < -0.3 is 30.1 Å². The summed E-state index contributed by atoms with van der Waals surface area (Å²) in [5.41, 5.74) is 0. The third-order valence-electron chi connectivity index (χ3n) is 4.88. The van der Waals surface area contributed by atoms with Crippen LogP contribution in [0.25, 0.3) is 0 Å².